The Labute approximate surface area is 102 Å². The van der Waals surface area contributed by atoms with E-state index in [0.717, 1.165) is 11.5 Å². The number of carbonyl (C=O) groups excluding carboxylic acids is 1. The fourth-order valence-corrected chi connectivity index (χ4v) is 2.61. The predicted molar refractivity (Wildman–Crippen MR) is 60.9 cm³/mol. The first-order valence-corrected chi connectivity index (χ1v) is 6.24. The van der Waals surface area contributed by atoms with Crippen LogP contribution in [0.25, 0.3) is 0 Å². The van der Waals surface area contributed by atoms with Crippen molar-refractivity contribution >= 4 is 23.4 Å². The number of likely N-dealkylation sites (tertiary alicyclic amines) is 1. The molecule has 0 aromatic carbocycles. The summed E-state index contributed by atoms with van der Waals surface area (Å²) in [5.74, 6) is -1.41. The summed E-state index contributed by atoms with van der Waals surface area (Å²) in [5, 5.41) is 12.8. The molecule has 1 aromatic rings. The molecule has 6 nitrogen and oxygen atoms in total. The van der Waals surface area contributed by atoms with Crippen LogP contribution in [0.2, 0.25) is 0 Å². The third-order valence-corrected chi connectivity index (χ3v) is 3.67. The van der Waals surface area contributed by atoms with Gasteiger partial charge in [0.05, 0.1) is 11.6 Å². The van der Waals surface area contributed by atoms with Gasteiger partial charge < -0.3 is 10.0 Å². The lowest BCUT2D eigenvalue weighted by Crippen LogP contribution is -2.30. The van der Waals surface area contributed by atoms with Crippen LogP contribution in [-0.4, -0.2) is 44.6 Å². The summed E-state index contributed by atoms with van der Waals surface area (Å²) in [6.07, 6.45) is 1.18. The predicted octanol–water partition coefficient (Wildman–Crippen LogP) is 0.647. The molecule has 1 aliphatic rings. The molecule has 1 N–H and O–H groups in total. The number of hydrogen-bond donors (Lipinski definition) is 1. The van der Waals surface area contributed by atoms with Crippen molar-refractivity contribution < 1.29 is 14.7 Å². The van der Waals surface area contributed by atoms with Gasteiger partial charge in [0.2, 0.25) is 0 Å². The molecular weight excluding hydrogens is 242 g/mol. The van der Waals surface area contributed by atoms with Crippen molar-refractivity contribution in [3.8, 4) is 0 Å². The number of carboxylic acids is 1. The van der Waals surface area contributed by atoms with Gasteiger partial charge >= 0.3 is 5.97 Å². The molecule has 1 atom stereocenters. The quantitative estimate of drug-likeness (QED) is 0.857. The van der Waals surface area contributed by atoms with Gasteiger partial charge in [-0.25, -0.2) is 0 Å². The van der Waals surface area contributed by atoms with E-state index in [-0.39, 0.29) is 12.5 Å². The van der Waals surface area contributed by atoms with Crippen molar-refractivity contribution in [2.24, 2.45) is 5.92 Å². The maximum atomic E-state index is 12.1. The maximum absolute atomic E-state index is 12.1. The number of aryl methyl sites for hydroxylation is 1. The minimum Gasteiger partial charge on any atom is -0.481 e. The van der Waals surface area contributed by atoms with Crippen molar-refractivity contribution in [3.63, 3.8) is 0 Å². The molecule has 92 valence electrons. The van der Waals surface area contributed by atoms with Crippen LogP contribution in [0.4, 0.5) is 0 Å². The standard InChI is InChI=1S/C10H13N3O3S/c1-2-7-8(17-12-11-7)9(14)13-4-3-6(5-13)10(15)16/h6H,2-5H2,1H3,(H,15,16)/t6-/m0/s1. The molecule has 2 rings (SSSR count). The molecule has 1 aliphatic heterocycles. The van der Waals surface area contributed by atoms with E-state index in [1.165, 1.54) is 0 Å². The van der Waals surface area contributed by atoms with Gasteiger partial charge in [-0.2, -0.15) is 0 Å². The van der Waals surface area contributed by atoms with E-state index >= 15 is 0 Å². The smallest absolute Gasteiger partial charge is 0.308 e. The zero-order chi connectivity index (χ0) is 12.4. The van der Waals surface area contributed by atoms with Gasteiger partial charge in [0.1, 0.15) is 4.88 Å². The Morgan fingerprint density at radius 1 is 1.59 bits per heavy atom. The zero-order valence-electron chi connectivity index (χ0n) is 9.42. The SMILES string of the molecule is CCc1nnsc1C(=O)N1CC[C@H](C(=O)O)C1. The second kappa shape index (κ2) is 4.79. The first-order chi connectivity index (χ1) is 8.13. The second-order valence-corrected chi connectivity index (χ2v) is 4.73. The van der Waals surface area contributed by atoms with Gasteiger partial charge in [0.15, 0.2) is 0 Å². The first kappa shape index (κ1) is 12.0. The Balaban J connectivity index is 2.09. The number of hydrogen-bond acceptors (Lipinski definition) is 5. The summed E-state index contributed by atoms with van der Waals surface area (Å²) in [4.78, 5) is 25.1. The Hall–Kier alpha value is -1.50. The molecule has 0 saturated carbocycles. The van der Waals surface area contributed by atoms with Crippen LogP contribution in [0.5, 0.6) is 0 Å². The molecule has 1 amide bonds. The normalized spacial score (nSPS) is 19.6. The number of carbonyl (C=O) groups is 2. The minimum absolute atomic E-state index is 0.138. The number of rotatable bonds is 3. The van der Waals surface area contributed by atoms with Gasteiger partial charge in [-0.1, -0.05) is 11.4 Å². The average molecular weight is 255 g/mol. The minimum atomic E-state index is -0.835. The van der Waals surface area contributed by atoms with Crippen LogP contribution in [0.3, 0.4) is 0 Å². The highest BCUT2D eigenvalue weighted by atomic mass is 32.1. The number of aliphatic carboxylic acids is 1. The Morgan fingerprint density at radius 3 is 2.94 bits per heavy atom. The summed E-state index contributed by atoms with van der Waals surface area (Å²) in [6, 6.07) is 0. The van der Waals surface area contributed by atoms with Crippen molar-refractivity contribution in [3.05, 3.63) is 10.6 Å². The van der Waals surface area contributed by atoms with Crippen molar-refractivity contribution in [1.82, 2.24) is 14.5 Å². The fraction of sp³-hybridized carbons (Fsp3) is 0.600. The summed E-state index contributed by atoms with van der Waals surface area (Å²) in [7, 11) is 0. The van der Waals surface area contributed by atoms with E-state index in [0.29, 0.717) is 30.0 Å². The highest BCUT2D eigenvalue weighted by molar-refractivity contribution is 7.08. The van der Waals surface area contributed by atoms with Crippen LogP contribution in [0.15, 0.2) is 0 Å². The average Bonchev–Trinajstić information content (AvgIpc) is 2.96. The molecule has 17 heavy (non-hydrogen) atoms. The van der Waals surface area contributed by atoms with E-state index in [9.17, 15) is 9.59 Å². The summed E-state index contributed by atoms with van der Waals surface area (Å²) < 4.78 is 3.77. The topological polar surface area (TPSA) is 83.4 Å². The van der Waals surface area contributed by atoms with Crippen molar-refractivity contribution in [2.45, 2.75) is 19.8 Å². The Bertz CT molecular complexity index is 446. The molecule has 1 fully saturated rings. The Kier molecular flexibility index (Phi) is 3.37. The number of carboxylic acid groups (broad SMARTS) is 1. The molecule has 0 radical (unpaired) electrons. The molecular formula is C10H13N3O3S. The molecule has 2 heterocycles. The van der Waals surface area contributed by atoms with Crippen LogP contribution in [0, 0.1) is 5.92 Å². The van der Waals surface area contributed by atoms with Crippen LogP contribution in [-0.2, 0) is 11.2 Å². The van der Waals surface area contributed by atoms with Crippen LogP contribution >= 0.6 is 11.5 Å². The van der Waals surface area contributed by atoms with Gasteiger partial charge in [-0.3, -0.25) is 9.59 Å². The second-order valence-electron chi connectivity index (χ2n) is 3.98. The summed E-state index contributed by atoms with van der Waals surface area (Å²) in [6.45, 7) is 2.70. The van der Waals surface area contributed by atoms with Crippen molar-refractivity contribution in [2.75, 3.05) is 13.1 Å². The fourth-order valence-electron chi connectivity index (χ4n) is 1.89. The molecule has 0 unspecified atom stereocenters. The lowest BCUT2D eigenvalue weighted by molar-refractivity contribution is -0.141. The third kappa shape index (κ3) is 2.28. The largest absolute Gasteiger partial charge is 0.481 e. The number of nitrogens with zero attached hydrogens (tertiary/aromatic N) is 3. The van der Waals surface area contributed by atoms with E-state index in [2.05, 4.69) is 9.59 Å². The van der Waals surface area contributed by atoms with E-state index in [1.54, 1.807) is 4.90 Å². The lowest BCUT2D eigenvalue weighted by atomic mass is 10.1. The summed E-state index contributed by atoms with van der Waals surface area (Å²) in [5.41, 5.74) is 0.693. The monoisotopic (exact) mass is 255 g/mol. The molecule has 0 aliphatic carbocycles. The van der Waals surface area contributed by atoms with Crippen LogP contribution in [0.1, 0.15) is 28.7 Å². The van der Waals surface area contributed by atoms with Gasteiger partial charge in [-0.15, -0.1) is 5.10 Å². The summed E-state index contributed by atoms with van der Waals surface area (Å²) >= 11 is 1.08. The maximum Gasteiger partial charge on any atom is 0.308 e. The van der Waals surface area contributed by atoms with E-state index < -0.39 is 11.9 Å². The van der Waals surface area contributed by atoms with Crippen molar-refractivity contribution in [1.29, 1.82) is 0 Å². The van der Waals surface area contributed by atoms with Crippen LogP contribution < -0.4 is 0 Å². The van der Waals surface area contributed by atoms with Gasteiger partial charge in [-0.05, 0) is 24.4 Å². The zero-order valence-corrected chi connectivity index (χ0v) is 10.2. The molecule has 0 spiro atoms. The third-order valence-electron chi connectivity index (χ3n) is 2.91. The Morgan fingerprint density at radius 2 is 2.35 bits per heavy atom. The first-order valence-electron chi connectivity index (χ1n) is 5.46. The lowest BCUT2D eigenvalue weighted by Gasteiger charge is -2.14. The molecule has 1 saturated heterocycles. The van der Waals surface area contributed by atoms with Gasteiger partial charge in [0.25, 0.3) is 5.91 Å². The van der Waals surface area contributed by atoms with E-state index in [4.69, 9.17) is 5.11 Å². The molecule has 7 heteroatoms. The van der Waals surface area contributed by atoms with Gasteiger partial charge in [0, 0.05) is 13.1 Å². The molecule has 1 aromatic heterocycles. The highest BCUT2D eigenvalue weighted by Crippen LogP contribution is 2.21. The van der Waals surface area contributed by atoms with E-state index in [1.807, 2.05) is 6.92 Å². The number of amides is 1. The highest BCUT2D eigenvalue weighted by Gasteiger charge is 2.32. The molecule has 0 bridgehead atoms. The number of aromatic nitrogens is 2.